The fourth-order valence-corrected chi connectivity index (χ4v) is 1.51. The number of ether oxygens (including phenoxy) is 1. The zero-order valence-corrected chi connectivity index (χ0v) is 8.49. The Hall–Kier alpha value is -0.380. The van der Waals surface area contributed by atoms with Crippen molar-refractivity contribution in [3.8, 4) is 0 Å². The molecule has 76 valence electrons. The summed E-state index contributed by atoms with van der Waals surface area (Å²) in [5.74, 6) is 0.610. The molecule has 0 aromatic carbocycles. The molecule has 3 atom stereocenters. The van der Waals surface area contributed by atoms with Crippen LogP contribution in [0.25, 0.3) is 0 Å². The van der Waals surface area contributed by atoms with Gasteiger partial charge < -0.3 is 15.8 Å². The average molecular weight is 184 g/mol. The van der Waals surface area contributed by atoms with E-state index in [9.17, 15) is 0 Å². The zero-order valence-electron chi connectivity index (χ0n) is 8.49. The summed E-state index contributed by atoms with van der Waals surface area (Å²) in [7, 11) is 1.73. The maximum atomic E-state index is 5.74. The number of hydrogen-bond acceptors (Lipinski definition) is 3. The molecule has 3 heteroatoms. The molecule has 0 saturated carbocycles. The van der Waals surface area contributed by atoms with Crippen LogP contribution in [0.1, 0.15) is 13.3 Å². The van der Waals surface area contributed by atoms with Gasteiger partial charge in [-0.15, -0.1) is 0 Å². The maximum absolute atomic E-state index is 5.74. The Kier molecular flexibility index (Phi) is 4.42. The van der Waals surface area contributed by atoms with Crippen LogP contribution >= 0.6 is 0 Å². The first-order valence-electron chi connectivity index (χ1n) is 4.89. The highest BCUT2D eigenvalue weighted by atomic mass is 16.5. The molecular formula is C10H20N2O. The van der Waals surface area contributed by atoms with Gasteiger partial charge in [-0.2, -0.15) is 0 Å². The van der Waals surface area contributed by atoms with E-state index in [0.717, 1.165) is 19.5 Å². The SMILES string of the molecule is COC(C)CNCC1C=CC(N)C1. The van der Waals surface area contributed by atoms with Crippen LogP contribution in [0.3, 0.4) is 0 Å². The molecule has 0 heterocycles. The molecule has 0 aromatic rings. The Morgan fingerprint density at radius 2 is 2.38 bits per heavy atom. The molecule has 3 nitrogen and oxygen atoms in total. The molecule has 0 bridgehead atoms. The van der Waals surface area contributed by atoms with Gasteiger partial charge >= 0.3 is 0 Å². The van der Waals surface area contributed by atoms with E-state index in [1.54, 1.807) is 7.11 Å². The smallest absolute Gasteiger partial charge is 0.0667 e. The highest BCUT2D eigenvalue weighted by Crippen LogP contribution is 2.14. The van der Waals surface area contributed by atoms with Gasteiger partial charge in [0, 0.05) is 26.2 Å². The standard InChI is InChI=1S/C10H20N2O/c1-8(13-2)6-12-7-9-3-4-10(11)5-9/h3-4,8-10,12H,5-7,11H2,1-2H3. The summed E-state index contributed by atoms with van der Waals surface area (Å²) in [6.07, 6.45) is 5.66. The van der Waals surface area contributed by atoms with Crippen LogP contribution in [-0.4, -0.2) is 32.3 Å². The minimum absolute atomic E-state index is 0.270. The molecule has 0 amide bonds. The van der Waals surface area contributed by atoms with Gasteiger partial charge in [0.2, 0.25) is 0 Å². The van der Waals surface area contributed by atoms with E-state index in [-0.39, 0.29) is 6.04 Å². The molecule has 1 aliphatic rings. The number of nitrogens with one attached hydrogen (secondary N) is 1. The van der Waals surface area contributed by atoms with Gasteiger partial charge in [-0.05, 0) is 19.3 Å². The summed E-state index contributed by atoms with van der Waals surface area (Å²) < 4.78 is 5.13. The fourth-order valence-electron chi connectivity index (χ4n) is 1.51. The predicted molar refractivity (Wildman–Crippen MR) is 54.6 cm³/mol. The lowest BCUT2D eigenvalue weighted by molar-refractivity contribution is 0.116. The molecule has 0 spiro atoms. The van der Waals surface area contributed by atoms with Gasteiger partial charge in [-0.3, -0.25) is 0 Å². The third-order valence-corrected chi connectivity index (χ3v) is 2.45. The molecule has 3 unspecified atom stereocenters. The van der Waals surface area contributed by atoms with Gasteiger partial charge in [-0.1, -0.05) is 12.2 Å². The number of rotatable bonds is 5. The van der Waals surface area contributed by atoms with Crippen molar-refractivity contribution >= 4 is 0 Å². The first-order valence-corrected chi connectivity index (χ1v) is 4.89. The van der Waals surface area contributed by atoms with E-state index in [1.807, 2.05) is 0 Å². The summed E-state index contributed by atoms with van der Waals surface area (Å²) in [6.45, 7) is 3.98. The first kappa shape index (κ1) is 10.7. The van der Waals surface area contributed by atoms with Crippen molar-refractivity contribution in [2.75, 3.05) is 20.2 Å². The quantitative estimate of drug-likeness (QED) is 0.612. The second-order valence-electron chi connectivity index (χ2n) is 3.75. The van der Waals surface area contributed by atoms with Crippen molar-refractivity contribution in [3.63, 3.8) is 0 Å². The second-order valence-corrected chi connectivity index (χ2v) is 3.75. The van der Waals surface area contributed by atoms with E-state index in [4.69, 9.17) is 10.5 Å². The summed E-state index contributed by atoms with van der Waals surface area (Å²) in [5.41, 5.74) is 5.74. The fraction of sp³-hybridized carbons (Fsp3) is 0.800. The Balaban J connectivity index is 2.04. The molecular weight excluding hydrogens is 164 g/mol. The lowest BCUT2D eigenvalue weighted by Crippen LogP contribution is -2.30. The van der Waals surface area contributed by atoms with E-state index < -0.39 is 0 Å². The van der Waals surface area contributed by atoms with Crippen molar-refractivity contribution in [2.45, 2.75) is 25.5 Å². The average Bonchev–Trinajstić information content (AvgIpc) is 2.51. The number of hydrogen-bond donors (Lipinski definition) is 2. The molecule has 1 rings (SSSR count). The van der Waals surface area contributed by atoms with Gasteiger partial charge in [-0.25, -0.2) is 0 Å². The number of methoxy groups -OCH3 is 1. The highest BCUT2D eigenvalue weighted by Gasteiger charge is 2.14. The van der Waals surface area contributed by atoms with Crippen LogP contribution in [0.15, 0.2) is 12.2 Å². The van der Waals surface area contributed by atoms with Crippen molar-refractivity contribution in [2.24, 2.45) is 11.7 Å². The van der Waals surface area contributed by atoms with Crippen LogP contribution < -0.4 is 11.1 Å². The Morgan fingerprint density at radius 1 is 1.62 bits per heavy atom. The van der Waals surface area contributed by atoms with Crippen LogP contribution in [-0.2, 0) is 4.74 Å². The van der Waals surface area contributed by atoms with Crippen molar-refractivity contribution in [1.82, 2.24) is 5.32 Å². The number of nitrogens with two attached hydrogens (primary N) is 1. The molecule has 3 N–H and O–H groups in total. The summed E-state index contributed by atoms with van der Waals surface area (Å²) in [4.78, 5) is 0. The van der Waals surface area contributed by atoms with Gasteiger partial charge in [0.1, 0.15) is 0 Å². The lowest BCUT2D eigenvalue weighted by atomic mass is 10.1. The minimum atomic E-state index is 0.270. The highest BCUT2D eigenvalue weighted by molar-refractivity contribution is 5.05. The van der Waals surface area contributed by atoms with E-state index in [1.165, 1.54) is 0 Å². The third-order valence-electron chi connectivity index (χ3n) is 2.45. The van der Waals surface area contributed by atoms with Crippen LogP contribution in [0.4, 0.5) is 0 Å². The minimum Gasteiger partial charge on any atom is -0.380 e. The summed E-state index contributed by atoms with van der Waals surface area (Å²) in [5, 5.41) is 3.37. The molecule has 0 fully saturated rings. The Bertz CT molecular complexity index is 170. The molecule has 1 aliphatic carbocycles. The predicted octanol–water partition coefficient (Wildman–Crippen LogP) is 0.514. The molecule has 0 radical (unpaired) electrons. The van der Waals surface area contributed by atoms with Crippen LogP contribution in [0.5, 0.6) is 0 Å². The summed E-state index contributed by atoms with van der Waals surface area (Å²) >= 11 is 0. The second kappa shape index (κ2) is 5.37. The van der Waals surface area contributed by atoms with Crippen molar-refractivity contribution in [1.29, 1.82) is 0 Å². The monoisotopic (exact) mass is 184 g/mol. The lowest BCUT2D eigenvalue weighted by Gasteiger charge is -2.13. The van der Waals surface area contributed by atoms with Crippen LogP contribution in [0, 0.1) is 5.92 Å². The molecule has 0 aliphatic heterocycles. The van der Waals surface area contributed by atoms with Crippen molar-refractivity contribution in [3.05, 3.63) is 12.2 Å². The Morgan fingerprint density at radius 3 is 2.92 bits per heavy atom. The topological polar surface area (TPSA) is 47.3 Å². The largest absolute Gasteiger partial charge is 0.380 e. The van der Waals surface area contributed by atoms with E-state index in [0.29, 0.717) is 12.0 Å². The zero-order chi connectivity index (χ0) is 9.68. The maximum Gasteiger partial charge on any atom is 0.0667 e. The van der Waals surface area contributed by atoms with Crippen molar-refractivity contribution < 1.29 is 4.74 Å². The van der Waals surface area contributed by atoms with Gasteiger partial charge in [0.15, 0.2) is 0 Å². The van der Waals surface area contributed by atoms with Gasteiger partial charge in [0.05, 0.1) is 6.10 Å². The van der Waals surface area contributed by atoms with Gasteiger partial charge in [0.25, 0.3) is 0 Å². The van der Waals surface area contributed by atoms with E-state index >= 15 is 0 Å². The normalized spacial score (nSPS) is 29.5. The molecule has 0 aromatic heterocycles. The summed E-state index contributed by atoms with van der Waals surface area (Å²) in [6, 6.07) is 0.270. The third kappa shape index (κ3) is 3.89. The van der Waals surface area contributed by atoms with Crippen LogP contribution in [0.2, 0.25) is 0 Å². The Labute approximate surface area is 80.3 Å². The molecule has 13 heavy (non-hydrogen) atoms. The van der Waals surface area contributed by atoms with E-state index in [2.05, 4.69) is 24.4 Å². The molecule has 0 saturated heterocycles. The first-order chi connectivity index (χ1) is 6.22.